The molecule has 0 amide bonds. The first-order valence-electron chi connectivity index (χ1n) is 17.6. The Labute approximate surface area is 297 Å². The average Bonchev–Trinajstić information content (AvgIpc) is 3.84. The average molecular weight is 662 g/mol. The van der Waals surface area contributed by atoms with Crippen molar-refractivity contribution in [1.82, 2.24) is 23.9 Å². The van der Waals surface area contributed by atoms with Gasteiger partial charge in [0.05, 0.1) is 38.8 Å². The first-order valence-corrected chi connectivity index (χ1v) is 17.6. The van der Waals surface area contributed by atoms with Crippen LogP contribution in [0.5, 0.6) is 0 Å². The van der Waals surface area contributed by atoms with Gasteiger partial charge in [-0.2, -0.15) is 0 Å². The standard InChI is InChI=1S/C47H27N5/c1-2-13-28(14-3-1)43-33-19-8-10-21-37(33)49-47(50-43)38-22-12-24-41(48-38)51-40-27-30-16-5-4-15-29(30)25-35(40)45-46(51)36-26-31-17-6-7-18-32(31)42-34-20-9-11-23-39(34)52(45)44(36)42/h1-27H. The molecule has 52 heavy (non-hydrogen) atoms. The summed E-state index contributed by atoms with van der Waals surface area (Å²) in [5.74, 6) is 1.43. The van der Waals surface area contributed by atoms with E-state index in [0.29, 0.717) is 5.82 Å². The molecule has 240 valence electrons. The maximum atomic E-state index is 5.40. The molecule has 0 bridgehead atoms. The first-order chi connectivity index (χ1) is 25.8. The minimum absolute atomic E-state index is 0.600. The molecule has 0 N–H and O–H groups in total. The highest BCUT2D eigenvalue weighted by Crippen LogP contribution is 2.47. The minimum atomic E-state index is 0.600. The number of aromatic nitrogens is 5. The molecule has 5 nitrogen and oxygen atoms in total. The molecule has 0 fully saturated rings. The summed E-state index contributed by atoms with van der Waals surface area (Å²) >= 11 is 0. The number of rotatable bonds is 3. The van der Waals surface area contributed by atoms with Gasteiger partial charge in [0.25, 0.3) is 0 Å². The zero-order valence-electron chi connectivity index (χ0n) is 27.8. The van der Waals surface area contributed by atoms with Crippen LogP contribution in [0.1, 0.15) is 0 Å². The van der Waals surface area contributed by atoms with Gasteiger partial charge in [-0.05, 0) is 64.0 Å². The van der Waals surface area contributed by atoms with Crippen molar-refractivity contribution in [2.75, 3.05) is 0 Å². The number of hydrogen-bond donors (Lipinski definition) is 0. The molecule has 0 saturated carbocycles. The molecule has 0 spiro atoms. The van der Waals surface area contributed by atoms with Crippen molar-refractivity contribution >= 4 is 81.6 Å². The van der Waals surface area contributed by atoms with Gasteiger partial charge in [-0.1, -0.05) is 121 Å². The van der Waals surface area contributed by atoms with Crippen LogP contribution in [0.3, 0.4) is 0 Å². The van der Waals surface area contributed by atoms with Crippen LogP contribution < -0.4 is 0 Å². The van der Waals surface area contributed by atoms with Gasteiger partial charge < -0.3 is 4.40 Å². The number of nitrogens with zero attached hydrogens (tertiary/aromatic N) is 5. The molecule has 5 heterocycles. The molecular formula is C47H27N5. The Morgan fingerprint density at radius 3 is 1.96 bits per heavy atom. The molecule has 0 radical (unpaired) electrons. The number of fused-ring (bicyclic) bond motifs is 12. The van der Waals surface area contributed by atoms with Crippen molar-refractivity contribution in [3.63, 3.8) is 0 Å². The monoisotopic (exact) mass is 661 g/mol. The van der Waals surface area contributed by atoms with Crippen molar-refractivity contribution in [1.29, 1.82) is 0 Å². The molecule has 0 saturated heterocycles. The maximum Gasteiger partial charge on any atom is 0.179 e. The molecule has 12 aromatic rings. The summed E-state index contributed by atoms with van der Waals surface area (Å²) in [5.41, 5.74) is 9.48. The Morgan fingerprint density at radius 1 is 0.404 bits per heavy atom. The molecule has 0 aliphatic heterocycles. The van der Waals surface area contributed by atoms with Crippen LogP contribution in [0.15, 0.2) is 164 Å². The molecule has 0 aliphatic rings. The molecule has 0 unspecified atom stereocenters. The van der Waals surface area contributed by atoms with Crippen LogP contribution in [-0.2, 0) is 0 Å². The Kier molecular flexibility index (Phi) is 5.44. The van der Waals surface area contributed by atoms with E-state index < -0.39 is 0 Å². The van der Waals surface area contributed by atoms with E-state index in [9.17, 15) is 0 Å². The van der Waals surface area contributed by atoms with Gasteiger partial charge in [0.2, 0.25) is 0 Å². The van der Waals surface area contributed by atoms with E-state index in [1.54, 1.807) is 0 Å². The van der Waals surface area contributed by atoms with Gasteiger partial charge in [0.1, 0.15) is 11.5 Å². The smallest absolute Gasteiger partial charge is 0.179 e. The zero-order valence-corrected chi connectivity index (χ0v) is 27.8. The molecular weight excluding hydrogens is 635 g/mol. The van der Waals surface area contributed by atoms with E-state index in [-0.39, 0.29) is 0 Å². The van der Waals surface area contributed by atoms with Crippen LogP contribution in [0.2, 0.25) is 0 Å². The lowest BCUT2D eigenvalue weighted by molar-refractivity contribution is 1.07. The summed E-state index contributed by atoms with van der Waals surface area (Å²) in [7, 11) is 0. The highest BCUT2D eigenvalue weighted by Gasteiger charge is 2.26. The Morgan fingerprint density at radius 2 is 1.10 bits per heavy atom. The molecule has 12 rings (SSSR count). The van der Waals surface area contributed by atoms with Crippen molar-refractivity contribution in [3.8, 4) is 28.6 Å². The van der Waals surface area contributed by atoms with Gasteiger partial charge in [0, 0.05) is 32.5 Å². The third kappa shape index (κ3) is 3.69. The Balaban J connectivity index is 1.22. The second-order valence-corrected chi connectivity index (χ2v) is 13.6. The van der Waals surface area contributed by atoms with Crippen LogP contribution in [0.4, 0.5) is 0 Å². The topological polar surface area (TPSA) is 48.0 Å². The van der Waals surface area contributed by atoms with E-state index >= 15 is 0 Å². The fourth-order valence-electron chi connectivity index (χ4n) is 8.60. The van der Waals surface area contributed by atoms with E-state index in [1.165, 1.54) is 59.6 Å². The number of pyridine rings is 1. The summed E-state index contributed by atoms with van der Waals surface area (Å²) in [6.45, 7) is 0. The normalized spacial score (nSPS) is 12.2. The van der Waals surface area contributed by atoms with Crippen molar-refractivity contribution in [2.24, 2.45) is 0 Å². The first kappa shape index (κ1) is 27.7. The van der Waals surface area contributed by atoms with Crippen molar-refractivity contribution < 1.29 is 0 Å². The zero-order chi connectivity index (χ0) is 33.9. The van der Waals surface area contributed by atoms with Crippen LogP contribution in [0, 0.1) is 0 Å². The Hall–Kier alpha value is -7.11. The predicted molar refractivity (Wildman–Crippen MR) is 215 cm³/mol. The predicted octanol–water partition coefficient (Wildman–Crippen LogP) is 11.8. The van der Waals surface area contributed by atoms with Gasteiger partial charge in [-0.15, -0.1) is 0 Å². The molecule has 0 atom stereocenters. The Bertz CT molecular complexity index is 3410. The third-order valence-electron chi connectivity index (χ3n) is 10.8. The highest BCUT2D eigenvalue weighted by molar-refractivity contribution is 6.34. The van der Waals surface area contributed by atoms with Gasteiger partial charge in [0.15, 0.2) is 5.82 Å². The summed E-state index contributed by atoms with van der Waals surface area (Å²) in [6, 6.07) is 58.0. The minimum Gasteiger partial charge on any atom is -0.306 e. The molecule has 5 heteroatoms. The lowest BCUT2D eigenvalue weighted by atomic mass is 10.0. The maximum absolute atomic E-state index is 5.40. The van der Waals surface area contributed by atoms with Gasteiger partial charge >= 0.3 is 0 Å². The third-order valence-corrected chi connectivity index (χ3v) is 10.8. The van der Waals surface area contributed by atoms with Crippen LogP contribution >= 0.6 is 0 Å². The lowest BCUT2D eigenvalue weighted by Gasteiger charge is -2.12. The summed E-state index contributed by atoms with van der Waals surface area (Å²) < 4.78 is 4.86. The summed E-state index contributed by atoms with van der Waals surface area (Å²) in [4.78, 5) is 15.6. The molecule has 0 aliphatic carbocycles. The second kappa shape index (κ2) is 10.2. The van der Waals surface area contributed by atoms with E-state index in [0.717, 1.165) is 44.7 Å². The highest BCUT2D eigenvalue weighted by atomic mass is 15.1. The number of para-hydroxylation sites is 2. The number of hydrogen-bond acceptors (Lipinski definition) is 3. The second-order valence-electron chi connectivity index (χ2n) is 13.6. The quantitative estimate of drug-likeness (QED) is 0.189. The summed E-state index contributed by atoms with van der Waals surface area (Å²) in [5, 5.41) is 10.9. The molecule has 7 aromatic carbocycles. The van der Waals surface area contributed by atoms with Gasteiger partial charge in [-0.25, -0.2) is 15.0 Å². The largest absolute Gasteiger partial charge is 0.306 e. The van der Waals surface area contributed by atoms with Crippen LogP contribution in [0.25, 0.3) is 110 Å². The fraction of sp³-hybridized carbons (Fsp3) is 0. The fourth-order valence-corrected chi connectivity index (χ4v) is 8.60. The summed E-state index contributed by atoms with van der Waals surface area (Å²) in [6.07, 6.45) is 0. The SMILES string of the molecule is c1ccc(-c2nc(-c3cccc(-n4c5cc6ccccc6cc5c5c4c4cc6ccccc6c6c7ccccc7n5c46)n3)nc3ccccc23)cc1. The lowest BCUT2D eigenvalue weighted by Crippen LogP contribution is -2.01. The van der Waals surface area contributed by atoms with Crippen LogP contribution in [-0.4, -0.2) is 23.9 Å². The van der Waals surface area contributed by atoms with E-state index in [2.05, 4.69) is 148 Å². The van der Waals surface area contributed by atoms with Crippen molar-refractivity contribution in [2.45, 2.75) is 0 Å². The number of benzene rings is 7. The van der Waals surface area contributed by atoms with E-state index in [1.807, 2.05) is 24.3 Å². The molecule has 5 aromatic heterocycles. The van der Waals surface area contributed by atoms with E-state index in [4.69, 9.17) is 15.0 Å². The van der Waals surface area contributed by atoms with Crippen molar-refractivity contribution in [3.05, 3.63) is 164 Å². The van der Waals surface area contributed by atoms with Gasteiger partial charge in [-0.3, -0.25) is 4.57 Å².